The fraction of sp³-hybridized carbons (Fsp3) is 0.333. The van der Waals surface area contributed by atoms with E-state index in [-0.39, 0.29) is 11.9 Å². The van der Waals surface area contributed by atoms with Crippen molar-refractivity contribution in [1.29, 1.82) is 0 Å². The molecule has 0 saturated heterocycles. The Kier molecular flexibility index (Phi) is 4.56. The molecule has 0 aliphatic carbocycles. The van der Waals surface area contributed by atoms with E-state index in [1.807, 2.05) is 42.5 Å². The van der Waals surface area contributed by atoms with Gasteiger partial charge in [-0.2, -0.15) is 0 Å². The lowest BCUT2D eigenvalue weighted by molar-refractivity contribution is 0.617. The van der Waals surface area contributed by atoms with Crippen LogP contribution < -0.4 is 10.6 Å². The summed E-state index contributed by atoms with van der Waals surface area (Å²) in [5, 5.41) is 2.03. The van der Waals surface area contributed by atoms with E-state index in [0.717, 1.165) is 12.1 Å². The van der Waals surface area contributed by atoms with Crippen molar-refractivity contribution < 1.29 is 4.39 Å². The normalized spacial score (nSPS) is 12.4. The number of nitrogens with zero attached hydrogens (tertiary/aromatic N) is 1. The summed E-state index contributed by atoms with van der Waals surface area (Å²) < 4.78 is 14.1. The number of hydrogen-bond donors (Lipinski definition) is 1. The van der Waals surface area contributed by atoms with Gasteiger partial charge in [0.2, 0.25) is 0 Å². The first-order chi connectivity index (χ1) is 9.06. The van der Waals surface area contributed by atoms with E-state index in [1.54, 1.807) is 17.4 Å². The maximum absolute atomic E-state index is 14.1. The fourth-order valence-corrected chi connectivity index (χ4v) is 2.84. The molecule has 0 fully saturated rings. The predicted octanol–water partition coefficient (Wildman–Crippen LogP) is 3.41. The molecule has 1 heterocycles. The summed E-state index contributed by atoms with van der Waals surface area (Å²) in [5.74, 6) is -0.183. The van der Waals surface area contributed by atoms with Gasteiger partial charge in [-0.1, -0.05) is 12.1 Å². The molecule has 2 N–H and O–H groups in total. The van der Waals surface area contributed by atoms with Crippen LogP contribution in [0.5, 0.6) is 0 Å². The number of nitrogens with two attached hydrogens (primary N) is 1. The highest BCUT2D eigenvalue weighted by Gasteiger charge is 2.10. The van der Waals surface area contributed by atoms with Crippen LogP contribution in [0, 0.1) is 5.82 Å². The fourth-order valence-electron chi connectivity index (χ4n) is 2.08. The van der Waals surface area contributed by atoms with Gasteiger partial charge in [0.15, 0.2) is 0 Å². The summed E-state index contributed by atoms with van der Waals surface area (Å²) in [6.07, 6.45) is 0.700. The van der Waals surface area contributed by atoms with Gasteiger partial charge in [0.1, 0.15) is 5.82 Å². The van der Waals surface area contributed by atoms with Crippen LogP contribution in [0.2, 0.25) is 0 Å². The van der Waals surface area contributed by atoms with Crippen LogP contribution in [0.3, 0.4) is 0 Å². The summed E-state index contributed by atoms with van der Waals surface area (Å²) in [6.45, 7) is 2.65. The second kappa shape index (κ2) is 6.17. The SMILES string of the molecule is CC(N)Cc1ccc(N(C)Cc2cccs2)c(F)c1. The summed E-state index contributed by atoms with van der Waals surface area (Å²) in [6, 6.07) is 9.49. The molecule has 0 aliphatic heterocycles. The van der Waals surface area contributed by atoms with Gasteiger partial charge in [-0.25, -0.2) is 4.39 Å². The Balaban J connectivity index is 2.11. The van der Waals surface area contributed by atoms with Gasteiger partial charge in [-0.3, -0.25) is 0 Å². The van der Waals surface area contributed by atoms with Crippen molar-refractivity contribution in [2.24, 2.45) is 5.73 Å². The zero-order chi connectivity index (χ0) is 13.8. The van der Waals surface area contributed by atoms with Gasteiger partial charge in [0, 0.05) is 18.0 Å². The highest BCUT2D eigenvalue weighted by Crippen LogP contribution is 2.22. The van der Waals surface area contributed by atoms with Crippen LogP contribution >= 0.6 is 11.3 Å². The van der Waals surface area contributed by atoms with Gasteiger partial charge < -0.3 is 10.6 Å². The molecule has 2 nitrogen and oxygen atoms in total. The number of anilines is 1. The molecule has 0 saturated carbocycles. The Bertz CT molecular complexity index is 523. The molecular formula is C15H19FN2S. The standard InChI is InChI=1S/C15H19FN2S/c1-11(17)8-12-5-6-15(14(16)9-12)18(2)10-13-4-3-7-19-13/h3-7,9,11H,8,10,17H2,1-2H3. The third-order valence-corrected chi connectivity index (χ3v) is 3.82. The van der Waals surface area contributed by atoms with Crippen LogP contribution in [0.4, 0.5) is 10.1 Å². The van der Waals surface area contributed by atoms with Gasteiger partial charge in [-0.05, 0) is 42.5 Å². The molecule has 0 bridgehead atoms. The largest absolute Gasteiger partial charge is 0.367 e. The molecule has 2 rings (SSSR count). The molecule has 1 atom stereocenters. The van der Waals surface area contributed by atoms with Crippen molar-refractivity contribution in [1.82, 2.24) is 0 Å². The third-order valence-electron chi connectivity index (χ3n) is 2.95. The molecule has 0 aliphatic rings. The van der Waals surface area contributed by atoms with Crippen molar-refractivity contribution in [3.63, 3.8) is 0 Å². The van der Waals surface area contributed by atoms with Crippen LogP contribution in [0.15, 0.2) is 35.7 Å². The molecule has 0 radical (unpaired) electrons. The van der Waals surface area contributed by atoms with Crippen molar-refractivity contribution in [2.45, 2.75) is 25.9 Å². The smallest absolute Gasteiger partial charge is 0.146 e. The van der Waals surface area contributed by atoms with Crippen LogP contribution in [-0.2, 0) is 13.0 Å². The average molecular weight is 278 g/mol. The van der Waals surface area contributed by atoms with Gasteiger partial charge >= 0.3 is 0 Å². The minimum Gasteiger partial charge on any atom is -0.367 e. The first-order valence-electron chi connectivity index (χ1n) is 6.34. The van der Waals surface area contributed by atoms with Crippen molar-refractivity contribution in [3.8, 4) is 0 Å². The van der Waals surface area contributed by atoms with Gasteiger partial charge in [0.25, 0.3) is 0 Å². The predicted molar refractivity (Wildman–Crippen MR) is 80.2 cm³/mol. The molecule has 102 valence electrons. The molecule has 1 aromatic carbocycles. The lowest BCUT2D eigenvalue weighted by Gasteiger charge is -2.20. The second-order valence-electron chi connectivity index (χ2n) is 4.90. The zero-order valence-electron chi connectivity index (χ0n) is 11.3. The summed E-state index contributed by atoms with van der Waals surface area (Å²) in [5.41, 5.74) is 7.30. The lowest BCUT2D eigenvalue weighted by Crippen LogP contribution is -2.19. The van der Waals surface area contributed by atoms with E-state index in [2.05, 4.69) is 6.07 Å². The summed E-state index contributed by atoms with van der Waals surface area (Å²) in [4.78, 5) is 3.15. The molecule has 0 amide bonds. The monoisotopic (exact) mass is 278 g/mol. The van der Waals surface area contributed by atoms with Gasteiger partial charge in [-0.15, -0.1) is 11.3 Å². The van der Waals surface area contributed by atoms with Gasteiger partial charge in [0.05, 0.1) is 12.2 Å². The highest BCUT2D eigenvalue weighted by molar-refractivity contribution is 7.09. The number of hydrogen-bond acceptors (Lipinski definition) is 3. The van der Waals surface area contributed by atoms with Crippen molar-refractivity contribution >= 4 is 17.0 Å². The van der Waals surface area contributed by atoms with Crippen LogP contribution in [0.25, 0.3) is 0 Å². The average Bonchev–Trinajstić information content (AvgIpc) is 2.80. The van der Waals surface area contributed by atoms with Crippen LogP contribution in [0.1, 0.15) is 17.4 Å². The van der Waals surface area contributed by atoms with E-state index in [9.17, 15) is 4.39 Å². The van der Waals surface area contributed by atoms with E-state index >= 15 is 0 Å². The highest BCUT2D eigenvalue weighted by atomic mass is 32.1. The third kappa shape index (κ3) is 3.78. The quantitative estimate of drug-likeness (QED) is 0.908. The number of rotatable bonds is 5. The Morgan fingerprint density at radius 2 is 2.16 bits per heavy atom. The lowest BCUT2D eigenvalue weighted by atomic mass is 10.1. The minimum absolute atomic E-state index is 0.0501. The Morgan fingerprint density at radius 1 is 1.37 bits per heavy atom. The van der Waals surface area contributed by atoms with Crippen molar-refractivity contribution in [2.75, 3.05) is 11.9 Å². The Morgan fingerprint density at radius 3 is 2.74 bits per heavy atom. The second-order valence-corrected chi connectivity index (χ2v) is 5.93. The summed E-state index contributed by atoms with van der Waals surface area (Å²) >= 11 is 1.68. The summed E-state index contributed by atoms with van der Waals surface area (Å²) in [7, 11) is 1.91. The molecule has 0 spiro atoms. The first kappa shape index (κ1) is 14.0. The number of benzene rings is 1. The number of thiophene rings is 1. The zero-order valence-corrected chi connectivity index (χ0v) is 12.1. The van der Waals surface area contributed by atoms with E-state index in [0.29, 0.717) is 12.1 Å². The molecule has 4 heteroatoms. The molecular weight excluding hydrogens is 259 g/mol. The van der Waals surface area contributed by atoms with Crippen LogP contribution in [-0.4, -0.2) is 13.1 Å². The Hall–Kier alpha value is -1.39. The molecule has 2 aromatic rings. The molecule has 19 heavy (non-hydrogen) atoms. The Labute approximate surface area is 117 Å². The van der Waals surface area contributed by atoms with E-state index in [4.69, 9.17) is 5.73 Å². The van der Waals surface area contributed by atoms with E-state index < -0.39 is 0 Å². The maximum Gasteiger partial charge on any atom is 0.146 e. The van der Waals surface area contributed by atoms with Crippen molar-refractivity contribution in [3.05, 3.63) is 52.0 Å². The molecule has 1 unspecified atom stereocenters. The van der Waals surface area contributed by atoms with E-state index in [1.165, 1.54) is 4.88 Å². The topological polar surface area (TPSA) is 29.3 Å². The first-order valence-corrected chi connectivity index (χ1v) is 7.21. The minimum atomic E-state index is -0.183. The number of halogens is 1. The maximum atomic E-state index is 14.1. The molecule has 1 aromatic heterocycles.